The number of nitrogens with one attached hydrogen (secondary N) is 1. The number of fused-ring (bicyclic) bond motifs is 1. The molecule has 1 heterocycles. The van der Waals surface area contributed by atoms with Crippen molar-refractivity contribution in [3.05, 3.63) is 101 Å². The third kappa shape index (κ3) is 6.71. The van der Waals surface area contributed by atoms with E-state index in [1.54, 1.807) is 6.20 Å². The van der Waals surface area contributed by atoms with Crippen LogP contribution in [-0.2, 0) is 6.42 Å². The number of rotatable bonds is 9. The van der Waals surface area contributed by atoms with E-state index in [1.165, 1.54) is 0 Å². The van der Waals surface area contributed by atoms with Crippen molar-refractivity contribution in [2.24, 2.45) is 5.41 Å². The van der Waals surface area contributed by atoms with E-state index in [0.717, 1.165) is 46.0 Å². The Morgan fingerprint density at radius 3 is 2.27 bits per heavy atom. The van der Waals surface area contributed by atoms with Gasteiger partial charge in [-0.25, -0.2) is 0 Å². The highest BCUT2D eigenvalue weighted by Crippen LogP contribution is 2.31. The van der Waals surface area contributed by atoms with Gasteiger partial charge in [-0.15, -0.1) is 0 Å². The van der Waals surface area contributed by atoms with Gasteiger partial charge < -0.3 is 5.32 Å². The van der Waals surface area contributed by atoms with Crippen molar-refractivity contribution in [2.45, 2.75) is 53.4 Å². The van der Waals surface area contributed by atoms with Gasteiger partial charge >= 0.3 is 0 Å². The van der Waals surface area contributed by atoms with Crippen molar-refractivity contribution in [1.29, 1.82) is 0 Å². The normalized spacial score (nSPS) is 11.5. The van der Waals surface area contributed by atoms with Crippen LogP contribution in [0.15, 0.2) is 79.0 Å². The maximum atomic E-state index is 13.4. The Bertz CT molecular complexity index is 1380. The first kappa shape index (κ1) is 26.3. The number of benzene rings is 3. The molecule has 0 aliphatic carbocycles. The van der Waals surface area contributed by atoms with Gasteiger partial charge in [-0.2, -0.15) is 0 Å². The zero-order chi connectivity index (χ0) is 26.4. The summed E-state index contributed by atoms with van der Waals surface area (Å²) in [6, 6.07) is 24.1. The predicted octanol–water partition coefficient (Wildman–Crippen LogP) is 7.64. The van der Waals surface area contributed by atoms with Crippen LogP contribution in [0.3, 0.4) is 0 Å². The molecule has 190 valence electrons. The fraction of sp³-hybridized carbons (Fsp3) is 0.303. The van der Waals surface area contributed by atoms with E-state index < -0.39 is 0 Å². The molecule has 0 aliphatic heterocycles. The van der Waals surface area contributed by atoms with Crippen LogP contribution in [0.25, 0.3) is 22.0 Å². The van der Waals surface area contributed by atoms with Crippen molar-refractivity contribution in [3.8, 4) is 11.1 Å². The highest BCUT2D eigenvalue weighted by atomic mass is 16.1. The minimum absolute atomic E-state index is 0.0464. The lowest BCUT2D eigenvalue weighted by atomic mass is 9.85. The maximum absolute atomic E-state index is 13.4. The molecule has 1 N–H and O–H groups in total. The van der Waals surface area contributed by atoms with Crippen molar-refractivity contribution in [1.82, 2.24) is 10.3 Å². The van der Waals surface area contributed by atoms with E-state index in [9.17, 15) is 9.59 Å². The summed E-state index contributed by atoms with van der Waals surface area (Å²) in [4.78, 5) is 30.5. The topological polar surface area (TPSA) is 59.1 Å². The molecule has 4 nitrogen and oxygen atoms in total. The number of carbonyl (C=O) groups excluding carboxylic acids is 2. The van der Waals surface area contributed by atoms with Crippen LogP contribution in [0.2, 0.25) is 0 Å². The molecule has 0 atom stereocenters. The molecule has 0 bridgehead atoms. The summed E-state index contributed by atoms with van der Waals surface area (Å²) in [5.41, 5.74) is 6.33. The number of pyridine rings is 1. The average molecular weight is 493 g/mol. The Balaban J connectivity index is 1.73. The van der Waals surface area contributed by atoms with Gasteiger partial charge in [-0.3, -0.25) is 14.6 Å². The van der Waals surface area contributed by atoms with E-state index in [-0.39, 0.29) is 17.1 Å². The van der Waals surface area contributed by atoms with Crippen LogP contribution in [0.5, 0.6) is 0 Å². The van der Waals surface area contributed by atoms with E-state index in [4.69, 9.17) is 0 Å². The summed E-state index contributed by atoms with van der Waals surface area (Å²) in [6.07, 6.45) is 4.89. The lowest BCUT2D eigenvalue weighted by Gasteiger charge is -2.19. The summed E-state index contributed by atoms with van der Waals surface area (Å²) < 4.78 is 0. The number of ketones is 1. The number of nitrogens with zero attached hydrogens (tertiary/aromatic N) is 1. The quantitative estimate of drug-likeness (QED) is 0.193. The van der Waals surface area contributed by atoms with Crippen molar-refractivity contribution < 1.29 is 9.59 Å². The third-order valence-electron chi connectivity index (χ3n) is 6.49. The second-order valence-electron chi connectivity index (χ2n) is 10.9. The molecule has 1 aromatic heterocycles. The van der Waals surface area contributed by atoms with Gasteiger partial charge in [-0.05, 0) is 64.8 Å². The van der Waals surface area contributed by atoms with E-state index >= 15 is 0 Å². The highest BCUT2D eigenvalue weighted by molar-refractivity contribution is 6.02. The van der Waals surface area contributed by atoms with Gasteiger partial charge in [0.15, 0.2) is 5.78 Å². The number of Topliss-reactive ketones (excluding diaryl/α,β-unsaturated/α-hetero) is 1. The van der Waals surface area contributed by atoms with E-state index in [2.05, 4.69) is 62.3 Å². The monoisotopic (exact) mass is 492 g/mol. The van der Waals surface area contributed by atoms with Gasteiger partial charge in [-0.1, -0.05) is 82.6 Å². The maximum Gasteiger partial charge on any atom is 0.251 e. The smallest absolute Gasteiger partial charge is 0.251 e. The number of hydrogen-bond donors (Lipinski definition) is 1. The first-order chi connectivity index (χ1) is 17.7. The number of amides is 1. The molecule has 0 saturated carbocycles. The molecule has 1 amide bonds. The fourth-order valence-electron chi connectivity index (χ4n) is 4.53. The van der Waals surface area contributed by atoms with Crippen LogP contribution in [0.4, 0.5) is 0 Å². The second kappa shape index (κ2) is 11.5. The molecule has 3 aromatic carbocycles. The largest absolute Gasteiger partial charge is 0.352 e. The SMILES string of the molecule is CCCCNC(=O)c1ccc(-c2ccc3ncc(C(=O)CC(C)(C)C)c(Cc4ccccc4)c3c2)cc1. The molecule has 0 spiro atoms. The standard InChI is InChI=1S/C33H36N2O2/c1-5-6-18-34-32(37)25-14-12-24(13-15-25)26-16-17-30-28(20-26)27(19-23-10-8-7-9-11-23)29(22-35-30)31(36)21-33(2,3)4/h7-17,20,22H,5-6,18-19,21H2,1-4H3,(H,34,37). The van der Waals surface area contributed by atoms with Gasteiger partial charge in [0, 0.05) is 35.7 Å². The summed E-state index contributed by atoms with van der Waals surface area (Å²) in [7, 11) is 0. The van der Waals surface area contributed by atoms with Gasteiger partial charge in [0.1, 0.15) is 0 Å². The number of hydrogen-bond acceptors (Lipinski definition) is 3. The average Bonchev–Trinajstić information content (AvgIpc) is 2.88. The summed E-state index contributed by atoms with van der Waals surface area (Å²) in [5, 5.41) is 3.96. The molecule has 4 heteroatoms. The van der Waals surface area contributed by atoms with Crippen molar-refractivity contribution in [2.75, 3.05) is 6.54 Å². The number of carbonyl (C=O) groups is 2. The number of unbranched alkanes of at least 4 members (excludes halogenated alkanes) is 1. The summed E-state index contributed by atoms with van der Waals surface area (Å²) in [5.74, 6) is 0.0755. The van der Waals surface area contributed by atoms with Crippen molar-refractivity contribution in [3.63, 3.8) is 0 Å². The van der Waals surface area contributed by atoms with Gasteiger partial charge in [0.2, 0.25) is 0 Å². The summed E-state index contributed by atoms with van der Waals surface area (Å²) in [6.45, 7) is 9.05. The van der Waals surface area contributed by atoms with Gasteiger partial charge in [0.05, 0.1) is 5.52 Å². The Kier molecular flexibility index (Phi) is 8.17. The van der Waals surface area contributed by atoms with Crippen LogP contribution < -0.4 is 5.32 Å². The Morgan fingerprint density at radius 2 is 1.59 bits per heavy atom. The number of aromatic nitrogens is 1. The van der Waals surface area contributed by atoms with Crippen LogP contribution in [0.1, 0.15) is 78.8 Å². The van der Waals surface area contributed by atoms with Crippen LogP contribution in [0, 0.1) is 5.41 Å². The van der Waals surface area contributed by atoms with Crippen LogP contribution >= 0.6 is 0 Å². The lowest BCUT2D eigenvalue weighted by Crippen LogP contribution is -2.24. The molecule has 4 rings (SSSR count). The fourth-order valence-corrected chi connectivity index (χ4v) is 4.53. The Hall–Kier alpha value is -3.79. The zero-order valence-electron chi connectivity index (χ0n) is 22.3. The van der Waals surface area contributed by atoms with Crippen molar-refractivity contribution >= 4 is 22.6 Å². The predicted molar refractivity (Wildman–Crippen MR) is 152 cm³/mol. The molecule has 37 heavy (non-hydrogen) atoms. The minimum atomic E-state index is -0.109. The molecule has 0 aliphatic rings. The molecule has 0 radical (unpaired) electrons. The zero-order valence-corrected chi connectivity index (χ0v) is 22.3. The molecule has 0 saturated heterocycles. The second-order valence-corrected chi connectivity index (χ2v) is 10.9. The van der Waals surface area contributed by atoms with Crippen LogP contribution in [-0.4, -0.2) is 23.2 Å². The molecule has 0 fully saturated rings. The highest BCUT2D eigenvalue weighted by Gasteiger charge is 2.22. The first-order valence-corrected chi connectivity index (χ1v) is 13.1. The van der Waals surface area contributed by atoms with E-state index in [1.807, 2.05) is 48.5 Å². The lowest BCUT2D eigenvalue weighted by molar-refractivity contribution is 0.0934. The minimum Gasteiger partial charge on any atom is -0.352 e. The van der Waals surface area contributed by atoms with Gasteiger partial charge in [0.25, 0.3) is 5.91 Å². The Morgan fingerprint density at radius 1 is 0.892 bits per heavy atom. The Labute approximate surface area is 220 Å². The molecule has 0 unspecified atom stereocenters. The van der Waals surface area contributed by atoms with E-state index in [0.29, 0.717) is 30.5 Å². The third-order valence-corrected chi connectivity index (χ3v) is 6.49. The molecule has 4 aromatic rings. The molecular weight excluding hydrogens is 456 g/mol. The first-order valence-electron chi connectivity index (χ1n) is 13.1. The molecular formula is C33H36N2O2. The summed E-state index contributed by atoms with van der Waals surface area (Å²) >= 11 is 0.